The first-order valence-corrected chi connectivity index (χ1v) is 5.74. The quantitative estimate of drug-likeness (QED) is 0.827. The first kappa shape index (κ1) is 14.0. The van der Waals surface area contributed by atoms with E-state index in [4.69, 9.17) is 5.11 Å². The summed E-state index contributed by atoms with van der Waals surface area (Å²) < 4.78 is 0. The Labute approximate surface area is 106 Å². The number of likely N-dealkylation sites (N-methyl/N-ethyl adjacent to an activating group) is 1. The average Bonchev–Trinajstić information content (AvgIpc) is 2.27. The fraction of sp³-hybridized carbons (Fsp3) is 0.385. The summed E-state index contributed by atoms with van der Waals surface area (Å²) in [4.78, 5) is 24.0. The molecule has 5 nitrogen and oxygen atoms in total. The minimum atomic E-state index is -0.957. The van der Waals surface area contributed by atoms with Crippen LogP contribution in [-0.2, 0) is 4.79 Å². The van der Waals surface area contributed by atoms with Gasteiger partial charge in [0.05, 0.1) is 12.1 Å². The number of benzene rings is 1. The van der Waals surface area contributed by atoms with Gasteiger partial charge >= 0.3 is 5.97 Å². The van der Waals surface area contributed by atoms with E-state index >= 15 is 0 Å². The lowest BCUT2D eigenvalue weighted by molar-refractivity contribution is -0.120. The Bertz CT molecular complexity index is 426. The summed E-state index contributed by atoms with van der Waals surface area (Å²) >= 11 is 0. The van der Waals surface area contributed by atoms with Crippen molar-refractivity contribution in [2.24, 2.45) is 0 Å². The van der Waals surface area contributed by atoms with Crippen LogP contribution < -0.4 is 10.2 Å². The molecule has 98 valence electrons. The lowest BCUT2D eigenvalue weighted by atomic mass is 10.2. The van der Waals surface area contributed by atoms with Crippen molar-refractivity contribution >= 4 is 17.6 Å². The Balaban J connectivity index is 2.64. The van der Waals surface area contributed by atoms with Gasteiger partial charge in [0.1, 0.15) is 0 Å². The summed E-state index contributed by atoms with van der Waals surface area (Å²) in [5.74, 6) is -1.02. The van der Waals surface area contributed by atoms with Crippen LogP contribution in [0.1, 0.15) is 24.2 Å². The van der Waals surface area contributed by atoms with Gasteiger partial charge in [-0.3, -0.25) is 4.79 Å². The van der Waals surface area contributed by atoms with Crippen molar-refractivity contribution in [2.75, 3.05) is 18.5 Å². The van der Waals surface area contributed by atoms with Gasteiger partial charge in [-0.2, -0.15) is 0 Å². The van der Waals surface area contributed by atoms with Crippen LogP contribution in [0.15, 0.2) is 24.3 Å². The molecule has 0 fully saturated rings. The van der Waals surface area contributed by atoms with Crippen molar-refractivity contribution in [1.29, 1.82) is 0 Å². The van der Waals surface area contributed by atoms with Crippen LogP contribution in [0.2, 0.25) is 0 Å². The highest BCUT2D eigenvalue weighted by Gasteiger charge is 2.09. The minimum absolute atomic E-state index is 0.0604. The molecule has 1 aromatic rings. The number of nitrogens with zero attached hydrogens (tertiary/aromatic N) is 1. The molecule has 0 radical (unpaired) electrons. The second-order valence-corrected chi connectivity index (χ2v) is 4.43. The van der Waals surface area contributed by atoms with E-state index in [1.807, 2.05) is 13.8 Å². The Morgan fingerprint density at radius 3 is 2.28 bits per heavy atom. The molecule has 1 amide bonds. The van der Waals surface area contributed by atoms with Crippen LogP contribution in [0, 0.1) is 0 Å². The number of amides is 1. The maximum Gasteiger partial charge on any atom is 0.335 e. The predicted octanol–water partition coefficient (Wildman–Crippen LogP) is 1.35. The number of hydrogen-bond donors (Lipinski definition) is 2. The number of hydrogen-bond acceptors (Lipinski definition) is 3. The largest absolute Gasteiger partial charge is 0.478 e. The third-order valence-electron chi connectivity index (χ3n) is 2.39. The molecule has 0 bridgehead atoms. The number of aromatic carboxylic acids is 1. The van der Waals surface area contributed by atoms with Crippen LogP contribution in [0.25, 0.3) is 0 Å². The summed E-state index contributed by atoms with van der Waals surface area (Å²) in [7, 11) is 1.79. The van der Waals surface area contributed by atoms with Gasteiger partial charge in [0.15, 0.2) is 0 Å². The molecule has 0 aliphatic rings. The third kappa shape index (κ3) is 4.08. The monoisotopic (exact) mass is 250 g/mol. The second kappa shape index (κ2) is 6.05. The summed E-state index contributed by atoms with van der Waals surface area (Å²) in [6, 6.07) is 6.53. The SMILES string of the molecule is CC(C)NC(=O)CN(C)c1ccc(C(=O)O)cc1. The minimum Gasteiger partial charge on any atom is -0.478 e. The standard InChI is InChI=1S/C13H18N2O3/c1-9(2)14-12(16)8-15(3)11-6-4-10(5-7-11)13(17)18/h4-7,9H,8H2,1-3H3,(H,14,16)(H,17,18). The van der Waals surface area contributed by atoms with Crippen LogP contribution in [0.5, 0.6) is 0 Å². The molecule has 0 saturated carbocycles. The number of carboxylic acids is 1. The van der Waals surface area contributed by atoms with Crippen molar-refractivity contribution in [3.05, 3.63) is 29.8 Å². The van der Waals surface area contributed by atoms with E-state index in [1.165, 1.54) is 12.1 Å². The Morgan fingerprint density at radius 2 is 1.83 bits per heavy atom. The molecule has 0 heterocycles. The van der Waals surface area contributed by atoms with E-state index in [9.17, 15) is 9.59 Å². The molecule has 1 aromatic carbocycles. The molecule has 0 aromatic heterocycles. The molecular weight excluding hydrogens is 232 g/mol. The second-order valence-electron chi connectivity index (χ2n) is 4.43. The highest BCUT2D eigenvalue weighted by molar-refractivity contribution is 5.88. The highest BCUT2D eigenvalue weighted by atomic mass is 16.4. The number of carbonyl (C=O) groups excluding carboxylic acids is 1. The molecule has 5 heteroatoms. The molecular formula is C13H18N2O3. The number of carbonyl (C=O) groups is 2. The van der Waals surface area contributed by atoms with Gasteiger partial charge in [-0.05, 0) is 38.1 Å². The Kier molecular flexibility index (Phi) is 4.71. The molecule has 18 heavy (non-hydrogen) atoms. The molecule has 2 N–H and O–H groups in total. The van der Waals surface area contributed by atoms with Gasteiger partial charge in [0.2, 0.25) is 5.91 Å². The lowest BCUT2D eigenvalue weighted by Gasteiger charge is -2.19. The first-order chi connectivity index (χ1) is 8.40. The zero-order valence-electron chi connectivity index (χ0n) is 10.8. The number of anilines is 1. The third-order valence-corrected chi connectivity index (χ3v) is 2.39. The number of carboxylic acid groups (broad SMARTS) is 1. The smallest absolute Gasteiger partial charge is 0.335 e. The number of rotatable bonds is 5. The van der Waals surface area contributed by atoms with E-state index in [0.717, 1.165) is 5.69 Å². The van der Waals surface area contributed by atoms with Gasteiger partial charge in [0.25, 0.3) is 0 Å². The molecule has 0 aliphatic carbocycles. The fourth-order valence-corrected chi connectivity index (χ4v) is 1.53. The lowest BCUT2D eigenvalue weighted by Crippen LogP contribution is -2.38. The van der Waals surface area contributed by atoms with Gasteiger partial charge < -0.3 is 15.3 Å². The molecule has 0 saturated heterocycles. The van der Waals surface area contributed by atoms with Crippen LogP contribution in [0.4, 0.5) is 5.69 Å². The topological polar surface area (TPSA) is 69.6 Å². The van der Waals surface area contributed by atoms with E-state index < -0.39 is 5.97 Å². The van der Waals surface area contributed by atoms with Gasteiger partial charge in [-0.1, -0.05) is 0 Å². The zero-order valence-corrected chi connectivity index (χ0v) is 10.8. The fourth-order valence-electron chi connectivity index (χ4n) is 1.53. The van der Waals surface area contributed by atoms with Crippen molar-refractivity contribution in [3.8, 4) is 0 Å². The summed E-state index contributed by atoms with van der Waals surface area (Å²) in [5.41, 5.74) is 1.04. The van der Waals surface area contributed by atoms with E-state index in [0.29, 0.717) is 0 Å². The summed E-state index contributed by atoms with van der Waals surface area (Å²) in [6.45, 7) is 4.05. The highest BCUT2D eigenvalue weighted by Crippen LogP contribution is 2.13. The molecule has 0 unspecified atom stereocenters. The van der Waals surface area contributed by atoms with Crippen molar-refractivity contribution in [3.63, 3.8) is 0 Å². The maximum atomic E-state index is 11.6. The molecule has 0 atom stereocenters. The van der Waals surface area contributed by atoms with Crippen molar-refractivity contribution in [1.82, 2.24) is 5.32 Å². The molecule has 1 rings (SSSR count). The van der Waals surface area contributed by atoms with Crippen LogP contribution in [-0.4, -0.2) is 36.6 Å². The average molecular weight is 250 g/mol. The predicted molar refractivity (Wildman–Crippen MR) is 70.0 cm³/mol. The summed E-state index contributed by atoms with van der Waals surface area (Å²) in [6.07, 6.45) is 0. The summed E-state index contributed by atoms with van der Waals surface area (Å²) in [5, 5.41) is 11.6. The van der Waals surface area contributed by atoms with Crippen LogP contribution >= 0.6 is 0 Å². The first-order valence-electron chi connectivity index (χ1n) is 5.74. The van der Waals surface area contributed by atoms with Gasteiger partial charge in [-0.25, -0.2) is 4.79 Å². The van der Waals surface area contributed by atoms with Crippen molar-refractivity contribution in [2.45, 2.75) is 19.9 Å². The normalized spacial score (nSPS) is 10.2. The van der Waals surface area contributed by atoms with E-state index in [2.05, 4.69) is 5.32 Å². The van der Waals surface area contributed by atoms with Crippen molar-refractivity contribution < 1.29 is 14.7 Å². The van der Waals surface area contributed by atoms with Gasteiger partial charge in [-0.15, -0.1) is 0 Å². The zero-order chi connectivity index (χ0) is 13.7. The van der Waals surface area contributed by atoms with E-state index in [-0.39, 0.29) is 24.1 Å². The Morgan fingerprint density at radius 1 is 1.28 bits per heavy atom. The molecule has 0 spiro atoms. The Hall–Kier alpha value is -2.04. The van der Waals surface area contributed by atoms with E-state index in [1.54, 1.807) is 24.1 Å². The number of nitrogens with one attached hydrogen (secondary N) is 1. The maximum absolute atomic E-state index is 11.6. The van der Waals surface area contributed by atoms with Gasteiger partial charge in [0, 0.05) is 18.8 Å². The van der Waals surface area contributed by atoms with Crippen LogP contribution in [0.3, 0.4) is 0 Å². The molecule has 0 aliphatic heterocycles.